The molecule has 0 fully saturated rings. The fourth-order valence-electron chi connectivity index (χ4n) is 2.24. The van der Waals surface area contributed by atoms with Gasteiger partial charge in [0.2, 0.25) is 0 Å². The molecule has 0 bridgehead atoms. The maximum Gasteiger partial charge on any atom is 0.182 e. The van der Waals surface area contributed by atoms with Crippen LogP contribution in [-0.4, -0.2) is 49.7 Å². The Hall–Kier alpha value is 0.170. The molecule has 0 aromatic rings. The van der Waals surface area contributed by atoms with Gasteiger partial charge in [0, 0.05) is 0 Å². The van der Waals surface area contributed by atoms with Gasteiger partial charge in [-0.2, -0.15) is 0 Å². The minimum absolute atomic E-state index is 0. The molecule has 0 spiro atoms. The Bertz CT molecular complexity index is 187. The van der Waals surface area contributed by atoms with Gasteiger partial charge in [-0.1, -0.05) is 45.4 Å². The van der Waals surface area contributed by atoms with E-state index >= 15 is 0 Å². The van der Waals surface area contributed by atoms with Crippen LogP contribution in [0.4, 0.5) is 0 Å². The molecule has 0 heterocycles. The van der Waals surface area contributed by atoms with Crippen molar-refractivity contribution in [2.24, 2.45) is 0 Å². The van der Waals surface area contributed by atoms with Crippen LogP contribution in [-0.2, 0) is 4.74 Å². The topological polar surface area (TPSA) is 29.5 Å². The molecular formula is C15H34ClNO2. The first kappa shape index (κ1) is 21.5. The minimum atomic E-state index is -0.262. The smallest absolute Gasteiger partial charge is 0.182 e. The van der Waals surface area contributed by atoms with Gasteiger partial charge < -0.3 is 26.7 Å². The Labute approximate surface area is 126 Å². The highest BCUT2D eigenvalue weighted by Crippen LogP contribution is 2.07. The van der Waals surface area contributed by atoms with Gasteiger partial charge in [0.15, 0.2) is 6.73 Å². The standard InChI is InChI=1S/C15H34NO2.ClH/c1-5-6-7-8-9-10-11-12-18-14-16(3,4)13-15(2)17;/h15,17H,5-14H2,1-4H3;1H/q+1;/p-1. The first-order chi connectivity index (χ1) is 8.48. The lowest BCUT2D eigenvalue weighted by Gasteiger charge is -2.30. The molecule has 118 valence electrons. The lowest BCUT2D eigenvalue weighted by Crippen LogP contribution is -3.00. The number of aliphatic hydroxyl groups excluding tert-OH is 1. The lowest BCUT2D eigenvalue weighted by atomic mass is 10.1. The molecule has 1 atom stereocenters. The van der Waals surface area contributed by atoms with Gasteiger partial charge >= 0.3 is 0 Å². The van der Waals surface area contributed by atoms with Crippen molar-refractivity contribution in [2.75, 3.05) is 34.0 Å². The second-order valence-electron chi connectivity index (χ2n) is 6.13. The van der Waals surface area contributed by atoms with Crippen molar-refractivity contribution >= 4 is 0 Å². The molecule has 0 radical (unpaired) electrons. The van der Waals surface area contributed by atoms with Crippen molar-refractivity contribution in [1.29, 1.82) is 0 Å². The molecule has 0 amide bonds. The molecule has 0 saturated carbocycles. The highest BCUT2D eigenvalue weighted by atomic mass is 35.5. The summed E-state index contributed by atoms with van der Waals surface area (Å²) in [5.74, 6) is 0. The number of hydrogen-bond acceptors (Lipinski definition) is 2. The van der Waals surface area contributed by atoms with Crippen LogP contribution in [0.3, 0.4) is 0 Å². The van der Waals surface area contributed by atoms with Crippen LogP contribution in [0.2, 0.25) is 0 Å². The predicted octanol–water partition coefficient (Wildman–Crippen LogP) is 0.172. The number of likely N-dealkylation sites (N-methyl/N-ethyl adjacent to an activating group) is 1. The van der Waals surface area contributed by atoms with Gasteiger partial charge in [0.25, 0.3) is 0 Å². The van der Waals surface area contributed by atoms with Gasteiger partial charge in [0.05, 0.1) is 20.7 Å². The van der Waals surface area contributed by atoms with Gasteiger partial charge in [-0.05, 0) is 13.3 Å². The monoisotopic (exact) mass is 295 g/mol. The van der Waals surface area contributed by atoms with E-state index in [1.807, 2.05) is 6.92 Å². The molecule has 1 N–H and O–H groups in total. The maximum atomic E-state index is 9.36. The molecule has 0 aliphatic rings. The van der Waals surface area contributed by atoms with E-state index in [9.17, 15) is 5.11 Å². The fraction of sp³-hybridized carbons (Fsp3) is 1.00. The number of hydrogen-bond donors (Lipinski definition) is 1. The van der Waals surface area contributed by atoms with E-state index in [2.05, 4.69) is 21.0 Å². The molecule has 19 heavy (non-hydrogen) atoms. The molecule has 1 unspecified atom stereocenters. The summed E-state index contributed by atoms with van der Waals surface area (Å²) in [4.78, 5) is 0. The van der Waals surface area contributed by atoms with E-state index in [1.165, 1.54) is 44.9 Å². The van der Waals surface area contributed by atoms with Crippen LogP contribution in [0.1, 0.15) is 58.8 Å². The maximum absolute atomic E-state index is 9.36. The summed E-state index contributed by atoms with van der Waals surface area (Å²) in [6.45, 7) is 6.38. The van der Waals surface area contributed by atoms with Crippen LogP contribution < -0.4 is 12.4 Å². The van der Waals surface area contributed by atoms with E-state index in [-0.39, 0.29) is 18.5 Å². The second kappa shape index (κ2) is 13.2. The van der Waals surface area contributed by atoms with E-state index < -0.39 is 0 Å². The molecule has 0 aliphatic carbocycles. The molecule has 3 nitrogen and oxygen atoms in total. The molecule has 0 saturated heterocycles. The summed E-state index contributed by atoms with van der Waals surface area (Å²) in [5.41, 5.74) is 0. The highest BCUT2D eigenvalue weighted by Gasteiger charge is 2.17. The predicted molar refractivity (Wildman–Crippen MR) is 77.5 cm³/mol. The number of halogens is 1. The third-order valence-electron chi connectivity index (χ3n) is 3.09. The first-order valence-corrected chi connectivity index (χ1v) is 7.56. The summed E-state index contributed by atoms with van der Waals surface area (Å²) in [6.07, 6.45) is 8.99. The second-order valence-corrected chi connectivity index (χ2v) is 6.13. The zero-order valence-corrected chi connectivity index (χ0v) is 14.1. The molecule has 0 rings (SSSR count). The third kappa shape index (κ3) is 16.1. The summed E-state index contributed by atoms with van der Waals surface area (Å²) < 4.78 is 6.42. The Morgan fingerprint density at radius 2 is 1.53 bits per heavy atom. The van der Waals surface area contributed by atoms with Crippen molar-refractivity contribution < 1.29 is 26.7 Å². The Morgan fingerprint density at radius 1 is 1.00 bits per heavy atom. The molecule has 4 heteroatoms. The number of rotatable bonds is 12. The van der Waals surface area contributed by atoms with Crippen molar-refractivity contribution in [1.82, 2.24) is 0 Å². The summed E-state index contributed by atoms with van der Waals surface area (Å²) >= 11 is 0. The minimum Gasteiger partial charge on any atom is -1.00 e. The van der Waals surface area contributed by atoms with Crippen LogP contribution in [0.15, 0.2) is 0 Å². The third-order valence-corrected chi connectivity index (χ3v) is 3.09. The number of ether oxygens (including phenoxy) is 1. The van der Waals surface area contributed by atoms with Crippen LogP contribution in [0, 0.1) is 0 Å². The van der Waals surface area contributed by atoms with Crippen molar-refractivity contribution in [3.05, 3.63) is 0 Å². The van der Waals surface area contributed by atoms with Crippen LogP contribution >= 0.6 is 0 Å². The largest absolute Gasteiger partial charge is 1.00 e. The van der Waals surface area contributed by atoms with E-state index in [0.29, 0.717) is 6.73 Å². The number of unbranched alkanes of at least 4 members (excludes halogenated alkanes) is 6. The van der Waals surface area contributed by atoms with Gasteiger partial charge in [-0.25, -0.2) is 0 Å². The SMILES string of the molecule is CCCCCCCCCOC[N+](C)(C)CC(C)O.[Cl-]. The zero-order valence-electron chi connectivity index (χ0n) is 13.3. The summed E-state index contributed by atoms with van der Waals surface area (Å²) in [6, 6.07) is 0. The average Bonchev–Trinajstić information content (AvgIpc) is 2.25. The van der Waals surface area contributed by atoms with E-state index in [0.717, 1.165) is 17.6 Å². The Kier molecular flexibility index (Phi) is 14.9. The first-order valence-electron chi connectivity index (χ1n) is 7.56. The van der Waals surface area contributed by atoms with Gasteiger partial charge in [0.1, 0.15) is 12.6 Å². The molecule has 0 aromatic heterocycles. The van der Waals surface area contributed by atoms with Crippen molar-refractivity contribution in [2.45, 2.75) is 64.9 Å². The van der Waals surface area contributed by atoms with Crippen molar-refractivity contribution in [3.8, 4) is 0 Å². The average molecular weight is 296 g/mol. The summed E-state index contributed by atoms with van der Waals surface area (Å²) in [5, 5.41) is 9.36. The molecule has 0 aliphatic heterocycles. The molecular weight excluding hydrogens is 262 g/mol. The van der Waals surface area contributed by atoms with Crippen LogP contribution in [0.5, 0.6) is 0 Å². The van der Waals surface area contributed by atoms with Gasteiger partial charge in [-0.15, -0.1) is 0 Å². The van der Waals surface area contributed by atoms with Crippen LogP contribution in [0.25, 0.3) is 0 Å². The Morgan fingerprint density at radius 3 is 2.05 bits per heavy atom. The lowest BCUT2D eigenvalue weighted by molar-refractivity contribution is -0.912. The quantitative estimate of drug-likeness (QED) is 0.316. The number of quaternary nitrogens is 1. The zero-order chi connectivity index (χ0) is 13.9. The number of nitrogens with zero attached hydrogens (tertiary/aromatic N) is 1. The van der Waals surface area contributed by atoms with E-state index in [1.54, 1.807) is 0 Å². The number of aliphatic hydroxyl groups is 1. The van der Waals surface area contributed by atoms with Gasteiger partial charge in [-0.3, -0.25) is 0 Å². The highest BCUT2D eigenvalue weighted by molar-refractivity contribution is 4.45. The fourth-order valence-corrected chi connectivity index (χ4v) is 2.24. The molecule has 0 aromatic carbocycles. The van der Waals surface area contributed by atoms with E-state index in [4.69, 9.17) is 4.74 Å². The van der Waals surface area contributed by atoms with Crippen molar-refractivity contribution in [3.63, 3.8) is 0 Å². The normalized spacial score (nSPS) is 13.1. The Balaban J connectivity index is 0. The summed E-state index contributed by atoms with van der Waals surface area (Å²) in [7, 11) is 4.19.